The van der Waals surface area contributed by atoms with Crippen molar-refractivity contribution in [1.29, 1.82) is 0 Å². The van der Waals surface area contributed by atoms with E-state index in [-0.39, 0.29) is 11.9 Å². The Hall–Kier alpha value is -1.75. The lowest BCUT2D eigenvalue weighted by Gasteiger charge is -2.23. The monoisotopic (exact) mass is 276 g/mol. The van der Waals surface area contributed by atoms with E-state index in [1.165, 1.54) is 12.8 Å². The molecule has 1 aliphatic carbocycles. The zero-order valence-corrected chi connectivity index (χ0v) is 11.6. The third-order valence-corrected chi connectivity index (χ3v) is 3.67. The molecule has 2 N–H and O–H groups in total. The summed E-state index contributed by atoms with van der Waals surface area (Å²) in [5.74, 6) is 2.14. The molecule has 1 aromatic rings. The third-order valence-electron chi connectivity index (χ3n) is 3.67. The SMILES string of the molecule is CNCC(=O)NC(c1ccc2c(c1)OCCO2)C1CC1. The highest BCUT2D eigenvalue weighted by atomic mass is 16.6. The Kier molecular flexibility index (Phi) is 3.78. The number of ether oxygens (including phenoxy) is 2. The van der Waals surface area contributed by atoms with E-state index in [1.807, 2.05) is 18.2 Å². The Morgan fingerprint density at radius 1 is 1.30 bits per heavy atom. The first-order valence-corrected chi connectivity index (χ1v) is 7.11. The van der Waals surface area contributed by atoms with Crippen LogP contribution in [0.25, 0.3) is 0 Å². The number of benzene rings is 1. The van der Waals surface area contributed by atoms with Gasteiger partial charge in [-0.1, -0.05) is 6.07 Å². The smallest absolute Gasteiger partial charge is 0.234 e. The molecule has 0 radical (unpaired) electrons. The number of carbonyl (C=O) groups excluding carboxylic acids is 1. The second-order valence-corrected chi connectivity index (χ2v) is 5.32. The van der Waals surface area contributed by atoms with Gasteiger partial charge in [0, 0.05) is 0 Å². The quantitative estimate of drug-likeness (QED) is 0.849. The number of carbonyl (C=O) groups is 1. The molecule has 5 nitrogen and oxygen atoms in total. The van der Waals surface area contributed by atoms with Crippen molar-refractivity contribution in [2.75, 3.05) is 26.8 Å². The fourth-order valence-electron chi connectivity index (χ4n) is 2.54. The molecule has 2 aliphatic rings. The lowest BCUT2D eigenvalue weighted by Crippen LogP contribution is -2.36. The van der Waals surface area contributed by atoms with Gasteiger partial charge in [0.25, 0.3) is 0 Å². The van der Waals surface area contributed by atoms with E-state index >= 15 is 0 Å². The average molecular weight is 276 g/mol. The average Bonchev–Trinajstić information content (AvgIpc) is 3.29. The Morgan fingerprint density at radius 2 is 2.05 bits per heavy atom. The minimum absolute atomic E-state index is 0.0271. The number of rotatable bonds is 5. The number of hydrogen-bond acceptors (Lipinski definition) is 4. The minimum Gasteiger partial charge on any atom is -0.486 e. The Morgan fingerprint density at radius 3 is 2.75 bits per heavy atom. The van der Waals surface area contributed by atoms with Crippen molar-refractivity contribution in [2.24, 2.45) is 5.92 Å². The molecule has 1 aromatic carbocycles. The summed E-state index contributed by atoms with van der Waals surface area (Å²) < 4.78 is 11.1. The van der Waals surface area contributed by atoms with Gasteiger partial charge in [0.1, 0.15) is 13.2 Å². The Balaban J connectivity index is 1.78. The number of amides is 1. The van der Waals surface area contributed by atoms with Crippen LogP contribution in [0.15, 0.2) is 18.2 Å². The fourth-order valence-corrected chi connectivity index (χ4v) is 2.54. The fraction of sp³-hybridized carbons (Fsp3) is 0.533. The molecule has 0 spiro atoms. The standard InChI is InChI=1S/C15H20N2O3/c1-16-9-14(18)17-15(10-2-3-10)11-4-5-12-13(8-11)20-7-6-19-12/h4-5,8,10,15-16H,2-3,6-7,9H2,1H3,(H,17,18). The molecular weight excluding hydrogens is 256 g/mol. The second-order valence-electron chi connectivity index (χ2n) is 5.32. The molecule has 1 saturated carbocycles. The largest absolute Gasteiger partial charge is 0.486 e. The van der Waals surface area contributed by atoms with E-state index in [2.05, 4.69) is 10.6 Å². The van der Waals surface area contributed by atoms with Crippen molar-refractivity contribution in [3.05, 3.63) is 23.8 Å². The maximum Gasteiger partial charge on any atom is 0.234 e. The van der Waals surface area contributed by atoms with E-state index in [0.717, 1.165) is 17.1 Å². The molecule has 3 rings (SSSR count). The van der Waals surface area contributed by atoms with Gasteiger partial charge in [0.2, 0.25) is 5.91 Å². The molecule has 1 fully saturated rings. The van der Waals surface area contributed by atoms with Crippen LogP contribution in [0.2, 0.25) is 0 Å². The van der Waals surface area contributed by atoms with Crippen molar-refractivity contribution in [1.82, 2.24) is 10.6 Å². The summed E-state index contributed by atoms with van der Waals surface area (Å²) in [4.78, 5) is 11.8. The highest BCUT2D eigenvalue weighted by Crippen LogP contribution is 2.43. The molecule has 5 heteroatoms. The summed E-state index contributed by atoms with van der Waals surface area (Å²) in [5, 5.41) is 5.98. The zero-order chi connectivity index (χ0) is 13.9. The van der Waals surface area contributed by atoms with Crippen LogP contribution >= 0.6 is 0 Å². The molecule has 1 amide bonds. The van der Waals surface area contributed by atoms with Gasteiger partial charge in [0.15, 0.2) is 11.5 Å². The van der Waals surface area contributed by atoms with Gasteiger partial charge in [-0.15, -0.1) is 0 Å². The van der Waals surface area contributed by atoms with Crippen LogP contribution in [0.4, 0.5) is 0 Å². The van der Waals surface area contributed by atoms with Crippen LogP contribution in [-0.4, -0.2) is 32.7 Å². The molecule has 0 bridgehead atoms. The van der Waals surface area contributed by atoms with Gasteiger partial charge in [-0.2, -0.15) is 0 Å². The van der Waals surface area contributed by atoms with Crippen molar-refractivity contribution in [3.8, 4) is 11.5 Å². The van der Waals surface area contributed by atoms with E-state index in [9.17, 15) is 4.79 Å². The molecule has 1 heterocycles. The summed E-state index contributed by atoms with van der Waals surface area (Å²) in [6, 6.07) is 6.03. The van der Waals surface area contributed by atoms with E-state index in [1.54, 1.807) is 7.05 Å². The van der Waals surface area contributed by atoms with Gasteiger partial charge in [-0.05, 0) is 43.5 Å². The Bertz CT molecular complexity index is 500. The van der Waals surface area contributed by atoms with Gasteiger partial charge < -0.3 is 20.1 Å². The molecule has 1 aliphatic heterocycles. The Labute approximate surface area is 118 Å². The molecule has 0 aromatic heterocycles. The van der Waals surface area contributed by atoms with Crippen molar-refractivity contribution in [3.63, 3.8) is 0 Å². The predicted octanol–water partition coefficient (Wildman–Crippen LogP) is 1.24. The predicted molar refractivity (Wildman–Crippen MR) is 75.0 cm³/mol. The summed E-state index contributed by atoms with van der Waals surface area (Å²) >= 11 is 0. The lowest BCUT2D eigenvalue weighted by molar-refractivity contribution is -0.121. The van der Waals surface area contributed by atoms with Gasteiger partial charge in [-0.3, -0.25) is 4.79 Å². The van der Waals surface area contributed by atoms with Gasteiger partial charge >= 0.3 is 0 Å². The molecule has 20 heavy (non-hydrogen) atoms. The summed E-state index contributed by atoms with van der Waals surface area (Å²) in [6.07, 6.45) is 2.33. The molecule has 0 saturated heterocycles. The highest BCUT2D eigenvalue weighted by Gasteiger charge is 2.34. The number of fused-ring (bicyclic) bond motifs is 1. The third kappa shape index (κ3) is 2.88. The van der Waals surface area contributed by atoms with Crippen LogP contribution in [0.3, 0.4) is 0 Å². The van der Waals surface area contributed by atoms with Crippen LogP contribution < -0.4 is 20.1 Å². The highest BCUT2D eigenvalue weighted by molar-refractivity contribution is 5.78. The van der Waals surface area contributed by atoms with E-state index < -0.39 is 0 Å². The first-order chi connectivity index (χ1) is 9.78. The first-order valence-electron chi connectivity index (χ1n) is 7.11. The van der Waals surface area contributed by atoms with Crippen molar-refractivity contribution in [2.45, 2.75) is 18.9 Å². The number of likely N-dealkylation sites (N-methyl/N-ethyl adjacent to an activating group) is 1. The number of hydrogen-bond donors (Lipinski definition) is 2. The normalized spacial score (nSPS) is 18.4. The molecule has 1 atom stereocenters. The second kappa shape index (κ2) is 5.71. The summed E-state index contributed by atoms with van der Waals surface area (Å²) in [6.45, 7) is 1.52. The minimum atomic E-state index is 0.0271. The first kappa shape index (κ1) is 13.2. The lowest BCUT2D eigenvalue weighted by atomic mass is 10.0. The van der Waals surface area contributed by atoms with Crippen molar-refractivity contribution < 1.29 is 14.3 Å². The van der Waals surface area contributed by atoms with Gasteiger partial charge in [-0.25, -0.2) is 0 Å². The van der Waals surface area contributed by atoms with E-state index in [4.69, 9.17) is 9.47 Å². The summed E-state index contributed by atoms with van der Waals surface area (Å²) in [7, 11) is 1.77. The number of nitrogens with one attached hydrogen (secondary N) is 2. The molecule has 108 valence electrons. The maximum atomic E-state index is 11.8. The maximum absolute atomic E-state index is 11.8. The molecular formula is C15H20N2O3. The van der Waals surface area contributed by atoms with E-state index in [0.29, 0.717) is 25.7 Å². The summed E-state index contributed by atoms with van der Waals surface area (Å²) in [5.41, 5.74) is 1.10. The van der Waals surface area contributed by atoms with Crippen LogP contribution in [-0.2, 0) is 4.79 Å². The van der Waals surface area contributed by atoms with Crippen molar-refractivity contribution >= 4 is 5.91 Å². The van der Waals surface area contributed by atoms with Gasteiger partial charge in [0.05, 0.1) is 12.6 Å². The van der Waals surface area contributed by atoms with Crippen LogP contribution in [0.5, 0.6) is 11.5 Å². The zero-order valence-electron chi connectivity index (χ0n) is 11.6. The molecule has 1 unspecified atom stereocenters. The van der Waals surface area contributed by atoms with Crippen LogP contribution in [0, 0.1) is 5.92 Å². The van der Waals surface area contributed by atoms with Crippen LogP contribution in [0.1, 0.15) is 24.4 Å². The topological polar surface area (TPSA) is 59.6 Å².